The van der Waals surface area contributed by atoms with Crippen LogP contribution in [0, 0.1) is 0 Å². The molecule has 0 amide bonds. The molecule has 4 rings (SSSR count). The molecule has 1 unspecified atom stereocenters. The zero-order valence-electron chi connectivity index (χ0n) is 18.4. The summed E-state index contributed by atoms with van der Waals surface area (Å²) in [5, 5.41) is 0. The predicted octanol–water partition coefficient (Wildman–Crippen LogP) is 3.66. The molecule has 0 bridgehead atoms. The van der Waals surface area contributed by atoms with Crippen molar-refractivity contribution >= 4 is 22.8 Å². The van der Waals surface area contributed by atoms with E-state index < -0.39 is 11.1 Å². The minimum absolute atomic E-state index is 0.514. The monoisotopic (exact) mass is 454 g/mol. The number of benzene rings is 1. The zero-order chi connectivity index (χ0) is 22.2. The first-order valence-corrected chi connectivity index (χ1v) is 12.2. The summed E-state index contributed by atoms with van der Waals surface area (Å²) in [6.45, 7) is 4.47. The highest BCUT2D eigenvalue weighted by atomic mass is 32.2. The Morgan fingerprint density at radius 2 is 2.06 bits per heavy atom. The summed E-state index contributed by atoms with van der Waals surface area (Å²) in [5.41, 5.74) is 1.81. The number of hydrogen-bond donors (Lipinski definition) is 1. The summed E-state index contributed by atoms with van der Waals surface area (Å²) in [5.74, 6) is 2.13. The third kappa shape index (κ3) is 6.15. The highest BCUT2D eigenvalue weighted by Gasteiger charge is 2.16. The van der Waals surface area contributed by atoms with Crippen LogP contribution in [0.1, 0.15) is 31.2 Å². The lowest BCUT2D eigenvalue weighted by molar-refractivity contribution is 0.220. The van der Waals surface area contributed by atoms with Crippen molar-refractivity contribution in [2.75, 3.05) is 38.2 Å². The van der Waals surface area contributed by atoms with E-state index in [-0.39, 0.29) is 0 Å². The number of pyridine rings is 1. The van der Waals surface area contributed by atoms with E-state index in [9.17, 15) is 4.55 Å². The lowest BCUT2D eigenvalue weighted by Crippen LogP contribution is -2.29. The van der Waals surface area contributed by atoms with Gasteiger partial charge < -0.3 is 14.2 Å². The van der Waals surface area contributed by atoms with Crippen molar-refractivity contribution in [2.24, 2.45) is 4.99 Å². The fourth-order valence-electron chi connectivity index (χ4n) is 3.81. The standard InChI is InChI=1S/C23H30N6O2S/c1-28(21-11-3-4-12-24-21)23-22(26-32(30)27-23)25-13-8-16-31-20-10-7-9-19(17-20)18-29-14-5-2-6-15-29/h3-4,7,9-12,17H,2,5-6,8,13-16,18H2,1H3,(H,25,26). The van der Waals surface area contributed by atoms with E-state index >= 15 is 0 Å². The fourth-order valence-corrected chi connectivity index (χ4v) is 4.54. The van der Waals surface area contributed by atoms with E-state index in [1.165, 1.54) is 37.9 Å². The van der Waals surface area contributed by atoms with Crippen molar-refractivity contribution < 1.29 is 9.29 Å². The maximum atomic E-state index is 11.9. The van der Waals surface area contributed by atoms with Gasteiger partial charge in [-0.25, -0.2) is 4.98 Å². The second-order valence-electron chi connectivity index (χ2n) is 7.93. The number of rotatable bonds is 9. The summed E-state index contributed by atoms with van der Waals surface area (Å²) in [7, 11) is 1.83. The number of nitrogens with one attached hydrogen (secondary N) is 1. The first-order chi connectivity index (χ1) is 15.7. The van der Waals surface area contributed by atoms with Crippen molar-refractivity contribution in [1.82, 2.24) is 18.6 Å². The number of H-pyrrole nitrogens is 1. The smallest absolute Gasteiger partial charge is 0.239 e. The molecule has 3 aromatic rings. The molecule has 8 nitrogen and oxygen atoms in total. The van der Waals surface area contributed by atoms with Gasteiger partial charge in [0.05, 0.1) is 6.61 Å². The number of likely N-dealkylation sites (tertiary alicyclic amines) is 1. The lowest BCUT2D eigenvalue weighted by atomic mass is 10.1. The molecular formula is C23H30N6O2S. The Hall–Kier alpha value is -2.75. The van der Waals surface area contributed by atoms with E-state index in [0.29, 0.717) is 30.3 Å². The minimum atomic E-state index is -1.52. The molecule has 1 fully saturated rings. The predicted molar refractivity (Wildman–Crippen MR) is 126 cm³/mol. The van der Waals surface area contributed by atoms with Crippen LogP contribution in [0.15, 0.2) is 53.7 Å². The first kappa shape index (κ1) is 22.4. The minimum Gasteiger partial charge on any atom is -0.548 e. The van der Waals surface area contributed by atoms with Crippen LogP contribution in [0.5, 0.6) is 5.75 Å². The molecule has 1 N–H and O–H groups in total. The second kappa shape index (κ2) is 11.2. The maximum Gasteiger partial charge on any atom is 0.239 e. The van der Waals surface area contributed by atoms with Gasteiger partial charge in [0.1, 0.15) is 11.6 Å². The average Bonchev–Trinajstić information content (AvgIpc) is 3.20. The topological polar surface area (TPSA) is 92.7 Å². The Morgan fingerprint density at radius 3 is 2.88 bits per heavy atom. The number of hydrogen-bond acceptors (Lipinski definition) is 7. The molecule has 0 radical (unpaired) electrons. The van der Waals surface area contributed by atoms with Gasteiger partial charge in [-0.2, -0.15) is 0 Å². The number of aromatic nitrogens is 3. The molecule has 1 aromatic carbocycles. The van der Waals surface area contributed by atoms with Gasteiger partial charge in [-0.05, 0) is 55.8 Å². The van der Waals surface area contributed by atoms with Gasteiger partial charge in [-0.1, -0.05) is 24.6 Å². The maximum absolute atomic E-state index is 11.9. The van der Waals surface area contributed by atoms with E-state index in [4.69, 9.17) is 4.74 Å². The van der Waals surface area contributed by atoms with Crippen molar-refractivity contribution in [2.45, 2.75) is 32.2 Å². The quantitative estimate of drug-likeness (QED) is 0.392. The molecule has 1 aliphatic rings. The summed E-state index contributed by atoms with van der Waals surface area (Å²) in [6.07, 6.45) is 6.40. The Bertz CT molecular complexity index is 1050. The second-order valence-corrected chi connectivity index (χ2v) is 8.81. The van der Waals surface area contributed by atoms with Crippen LogP contribution in [-0.4, -0.2) is 56.5 Å². The van der Waals surface area contributed by atoms with Gasteiger partial charge in [0.15, 0.2) is 11.1 Å². The zero-order valence-corrected chi connectivity index (χ0v) is 19.3. The molecule has 2 aromatic heterocycles. The van der Waals surface area contributed by atoms with Crippen molar-refractivity contribution in [3.8, 4) is 5.75 Å². The summed E-state index contributed by atoms with van der Waals surface area (Å²) in [6, 6.07) is 14.0. The summed E-state index contributed by atoms with van der Waals surface area (Å²) < 4.78 is 24.8. The van der Waals surface area contributed by atoms with Gasteiger partial charge in [0, 0.05) is 37.1 Å². The van der Waals surface area contributed by atoms with Gasteiger partial charge in [-0.3, -0.25) is 9.89 Å². The molecule has 1 atom stereocenters. The van der Waals surface area contributed by atoms with Crippen LogP contribution in [0.3, 0.4) is 0 Å². The van der Waals surface area contributed by atoms with Gasteiger partial charge in [-0.15, -0.1) is 4.37 Å². The van der Waals surface area contributed by atoms with Crippen LogP contribution >= 0.6 is 11.1 Å². The Labute approximate surface area is 191 Å². The van der Waals surface area contributed by atoms with Gasteiger partial charge in [0.2, 0.25) is 11.3 Å². The Balaban J connectivity index is 1.30. The number of piperidine rings is 1. The van der Waals surface area contributed by atoms with Crippen LogP contribution < -0.4 is 15.1 Å². The Morgan fingerprint density at radius 1 is 1.19 bits per heavy atom. The molecule has 3 heterocycles. The number of ether oxygens (including phenoxy) is 1. The van der Waals surface area contributed by atoms with E-state index in [0.717, 1.165) is 18.7 Å². The van der Waals surface area contributed by atoms with E-state index in [2.05, 4.69) is 41.8 Å². The molecule has 1 saturated heterocycles. The number of nitrogens with zero attached hydrogens (tertiary/aromatic N) is 5. The lowest BCUT2D eigenvalue weighted by Gasteiger charge is -2.26. The third-order valence-electron chi connectivity index (χ3n) is 5.47. The molecule has 0 aliphatic carbocycles. The van der Waals surface area contributed by atoms with E-state index in [1.54, 1.807) is 11.1 Å². The Kier molecular flexibility index (Phi) is 7.87. The molecule has 9 heteroatoms. The number of anilines is 2. The van der Waals surface area contributed by atoms with Crippen LogP contribution in [0.2, 0.25) is 0 Å². The largest absolute Gasteiger partial charge is 0.548 e. The van der Waals surface area contributed by atoms with Gasteiger partial charge in [0.25, 0.3) is 0 Å². The van der Waals surface area contributed by atoms with Crippen LogP contribution in [-0.2, 0) is 6.54 Å². The molecule has 1 aliphatic heterocycles. The van der Waals surface area contributed by atoms with E-state index in [1.807, 2.05) is 31.3 Å². The average molecular weight is 455 g/mol. The van der Waals surface area contributed by atoms with Gasteiger partial charge >= 0.3 is 0 Å². The SMILES string of the molecule is CN(c1ccccn1)c1n[s+]([O-])[nH]c1=NCCCOc1cccc(CN2CCCCC2)c1. The molecule has 32 heavy (non-hydrogen) atoms. The van der Waals surface area contributed by atoms with Crippen molar-refractivity contribution in [1.29, 1.82) is 0 Å². The molecule has 0 saturated carbocycles. The molecule has 170 valence electrons. The summed E-state index contributed by atoms with van der Waals surface area (Å²) in [4.78, 5) is 13.2. The van der Waals surface area contributed by atoms with Crippen molar-refractivity contribution in [3.63, 3.8) is 0 Å². The third-order valence-corrected chi connectivity index (χ3v) is 6.18. The highest BCUT2D eigenvalue weighted by Crippen LogP contribution is 2.19. The molecular weight excluding hydrogens is 424 g/mol. The number of aromatic amines is 1. The highest BCUT2D eigenvalue weighted by molar-refractivity contribution is 7.13. The van der Waals surface area contributed by atoms with Crippen molar-refractivity contribution in [3.05, 3.63) is 59.7 Å². The normalized spacial score (nSPS) is 15.7. The first-order valence-electron chi connectivity index (χ1n) is 11.1. The molecule has 0 spiro atoms. The summed E-state index contributed by atoms with van der Waals surface area (Å²) >= 11 is -1.52. The van der Waals surface area contributed by atoms with Crippen LogP contribution in [0.4, 0.5) is 11.6 Å². The van der Waals surface area contributed by atoms with Crippen LogP contribution in [0.25, 0.3) is 0 Å². The fraction of sp³-hybridized carbons (Fsp3) is 0.435.